The summed E-state index contributed by atoms with van der Waals surface area (Å²) in [5.41, 5.74) is 10.5. The van der Waals surface area contributed by atoms with Gasteiger partial charge in [-0.1, -0.05) is 18.2 Å². The lowest BCUT2D eigenvalue weighted by atomic mass is 9.96. The Balaban J connectivity index is 1.54. The summed E-state index contributed by atoms with van der Waals surface area (Å²) in [5, 5.41) is 0. The topological polar surface area (TPSA) is 121 Å². The molecule has 2 aromatic heterocycles. The van der Waals surface area contributed by atoms with Crippen molar-refractivity contribution in [3.8, 4) is 16.9 Å². The number of ether oxygens (including phenoxy) is 1. The van der Waals surface area contributed by atoms with Crippen molar-refractivity contribution in [1.82, 2.24) is 19.5 Å². The first-order chi connectivity index (χ1) is 18.1. The number of alkyl halides is 2. The van der Waals surface area contributed by atoms with Crippen LogP contribution in [0.4, 0.5) is 8.78 Å². The van der Waals surface area contributed by atoms with Gasteiger partial charge in [-0.3, -0.25) is 4.99 Å². The fraction of sp³-hybridized carbons (Fsp3) is 0.269. The minimum Gasteiger partial charge on any atom is -0.434 e. The molecule has 2 aromatic carbocycles. The Morgan fingerprint density at radius 2 is 1.95 bits per heavy atom. The van der Waals surface area contributed by atoms with Crippen LogP contribution in [0.25, 0.3) is 22.2 Å². The predicted molar refractivity (Wildman–Crippen MR) is 142 cm³/mol. The van der Waals surface area contributed by atoms with Crippen molar-refractivity contribution in [3.05, 3.63) is 65.7 Å². The highest BCUT2D eigenvalue weighted by Crippen LogP contribution is 2.49. The first-order valence-corrected chi connectivity index (χ1v) is 14.6. The average molecular weight is 535 g/mol. The van der Waals surface area contributed by atoms with Gasteiger partial charge in [0.25, 0.3) is 0 Å². The largest absolute Gasteiger partial charge is 0.434 e. The molecule has 0 fully saturated rings. The van der Waals surface area contributed by atoms with Crippen LogP contribution < -0.4 is 16.0 Å². The van der Waals surface area contributed by atoms with Crippen LogP contribution in [0, 0.1) is 0 Å². The molecule has 4 heterocycles. The average Bonchev–Trinajstić information content (AvgIpc) is 3.34. The van der Waals surface area contributed by atoms with E-state index in [0.717, 1.165) is 22.2 Å². The normalized spacial score (nSPS) is 18.8. The number of amidine groups is 2. The molecule has 2 bridgehead atoms. The van der Waals surface area contributed by atoms with E-state index in [9.17, 15) is 13.3 Å². The van der Waals surface area contributed by atoms with Gasteiger partial charge >= 0.3 is 6.61 Å². The third kappa shape index (κ3) is 4.07. The van der Waals surface area contributed by atoms with Crippen LogP contribution in [-0.4, -0.2) is 51.1 Å². The summed E-state index contributed by atoms with van der Waals surface area (Å²) in [6.45, 7) is 1.92. The Morgan fingerprint density at radius 1 is 1.18 bits per heavy atom. The summed E-state index contributed by atoms with van der Waals surface area (Å²) in [6, 6.07) is 10.1. The minimum absolute atomic E-state index is 0.0686. The second-order valence-corrected chi connectivity index (χ2v) is 12.8. The van der Waals surface area contributed by atoms with Crippen molar-refractivity contribution in [3.63, 3.8) is 0 Å². The number of imidazole rings is 1. The van der Waals surface area contributed by atoms with Gasteiger partial charge in [0.1, 0.15) is 24.8 Å². The van der Waals surface area contributed by atoms with Crippen LogP contribution in [0.2, 0.25) is 0 Å². The molecule has 0 saturated carbocycles. The number of nitrogens with zero attached hydrogens (tertiary/aromatic N) is 6. The lowest BCUT2D eigenvalue weighted by Crippen LogP contribution is -2.17. The molecule has 0 saturated heterocycles. The van der Waals surface area contributed by atoms with Crippen LogP contribution in [-0.2, 0) is 4.57 Å². The Bertz CT molecular complexity index is 1690. The van der Waals surface area contributed by atoms with Gasteiger partial charge in [0.15, 0.2) is 11.4 Å². The van der Waals surface area contributed by atoms with Gasteiger partial charge in [-0.05, 0) is 44.0 Å². The summed E-state index contributed by atoms with van der Waals surface area (Å²) in [6.07, 6.45) is 3.82. The van der Waals surface area contributed by atoms with E-state index in [0.29, 0.717) is 40.6 Å². The molecule has 9 nitrogen and oxygen atoms in total. The Morgan fingerprint density at radius 3 is 2.63 bits per heavy atom. The zero-order valence-electron chi connectivity index (χ0n) is 20.8. The van der Waals surface area contributed by atoms with Gasteiger partial charge in [0.2, 0.25) is 0 Å². The quantitative estimate of drug-likeness (QED) is 0.233. The Labute approximate surface area is 216 Å². The lowest BCUT2D eigenvalue weighted by Gasteiger charge is -2.21. The SMILES string of the molecule is CC(N)=NC1=NC2CC(c3c(OC(F)F)cccc31)n1c2nc2ccc(-c3cnc(P(C)(C)=O)nc3)cc21. The van der Waals surface area contributed by atoms with Crippen molar-refractivity contribution in [2.45, 2.75) is 32.0 Å². The van der Waals surface area contributed by atoms with E-state index in [-0.39, 0.29) is 17.8 Å². The number of benzene rings is 2. The van der Waals surface area contributed by atoms with Gasteiger partial charge in [-0.2, -0.15) is 8.78 Å². The highest BCUT2D eigenvalue weighted by atomic mass is 31.2. The van der Waals surface area contributed by atoms with Gasteiger partial charge < -0.3 is 19.6 Å². The number of rotatable bonds is 4. The number of aliphatic imine (C=N–C) groups is 2. The molecule has 2 aliphatic heterocycles. The summed E-state index contributed by atoms with van der Waals surface area (Å²) < 4.78 is 46.2. The Hall–Kier alpha value is -3.98. The molecule has 194 valence electrons. The van der Waals surface area contributed by atoms with E-state index in [2.05, 4.69) is 15.0 Å². The maximum atomic E-state index is 13.4. The molecule has 2 atom stereocenters. The molecular weight excluding hydrogens is 511 g/mol. The molecule has 2 aliphatic rings. The second kappa shape index (κ2) is 8.80. The first kappa shape index (κ1) is 24.4. The number of halogens is 2. The molecule has 0 spiro atoms. The van der Waals surface area contributed by atoms with Crippen molar-refractivity contribution in [2.75, 3.05) is 13.3 Å². The molecular formula is C26H24F2N7O2P. The smallest absolute Gasteiger partial charge is 0.387 e. The Kier molecular flexibility index (Phi) is 5.64. The summed E-state index contributed by atoms with van der Waals surface area (Å²) in [7, 11) is -2.58. The minimum atomic E-state index is -2.99. The zero-order chi connectivity index (χ0) is 26.8. The summed E-state index contributed by atoms with van der Waals surface area (Å²) in [5.74, 6) is 1.46. The van der Waals surface area contributed by atoms with Crippen LogP contribution in [0.3, 0.4) is 0 Å². The molecule has 0 aliphatic carbocycles. The molecule has 12 heteroatoms. The van der Waals surface area contributed by atoms with E-state index in [1.807, 2.05) is 22.8 Å². The summed E-state index contributed by atoms with van der Waals surface area (Å²) in [4.78, 5) is 22.7. The molecule has 38 heavy (non-hydrogen) atoms. The van der Waals surface area contributed by atoms with Crippen LogP contribution >= 0.6 is 7.14 Å². The second-order valence-electron chi connectivity index (χ2n) is 9.74. The van der Waals surface area contributed by atoms with E-state index >= 15 is 0 Å². The van der Waals surface area contributed by atoms with Gasteiger partial charge in [-0.25, -0.2) is 19.9 Å². The third-order valence-corrected chi connectivity index (χ3v) is 7.84. The fourth-order valence-corrected chi connectivity index (χ4v) is 5.81. The zero-order valence-corrected chi connectivity index (χ0v) is 21.7. The number of hydrogen-bond donors (Lipinski definition) is 1. The predicted octanol–water partition coefficient (Wildman–Crippen LogP) is 4.51. The van der Waals surface area contributed by atoms with Crippen molar-refractivity contribution >= 4 is 35.4 Å². The van der Waals surface area contributed by atoms with E-state index in [4.69, 9.17) is 20.4 Å². The van der Waals surface area contributed by atoms with Crippen molar-refractivity contribution in [2.24, 2.45) is 15.7 Å². The van der Waals surface area contributed by atoms with E-state index < -0.39 is 13.8 Å². The third-order valence-electron chi connectivity index (χ3n) is 6.64. The molecule has 0 amide bonds. The highest BCUT2D eigenvalue weighted by Gasteiger charge is 2.41. The van der Waals surface area contributed by atoms with Gasteiger partial charge in [-0.15, -0.1) is 0 Å². The first-order valence-electron chi connectivity index (χ1n) is 12.0. The lowest BCUT2D eigenvalue weighted by molar-refractivity contribution is -0.0506. The molecule has 2 N–H and O–H groups in total. The standard InChI is InChI=1S/C26H24F2N7O2P/c1-13(29)32-23-16-5-4-6-21(37-25(27)28)22(16)20-10-18(33-23)24-34-17-8-7-14(9-19(17)35(20)24)15-11-30-26(31-12-15)38(2,3)36/h4-9,11-12,18,20,25H,10H2,1-3H3,(H2,29,32,33). The van der Waals surface area contributed by atoms with E-state index in [1.54, 1.807) is 44.8 Å². The molecule has 4 aromatic rings. The molecule has 6 rings (SSSR count). The summed E-state index contributed by atoms with van der Waals surface area (Å²) >= 11 is 0. The number of hydrogen-bond acceptors (Lipinski definition) is 7. The number of fused-ring (bicyclic) bond motifs is 9. The van der Waals surface area contributed by atoms with Crippen molar-refractivity contribution < 1.29 is 18.1 Å². The van der Waals surface area contributed by atoms with E-state index in [1.165, 1.54) is 6.07 Å². The van der Waals surface area contributed by atoms with Crippen LogP contribution in [0.15, 0.2) is 58.8 Å². The monoisotopic (exact) mass is 535 g/mol. The number of nitrogens with two attached hydrogens (primary N) is 1. The van der Waals surface area contributed by atoms with Crippen LogP contribution in [0.5, 0.6) is 5.75 Å². The fourth-order valence-electron chi connectivity index (χ4n) is 5.14. The van der Waals surface area contributed by atoms with Crippen LogP contribution in [0.1, 0.15) is 42.4 Å². The number of aromatic nitrogens is 4. The van der Waals surface area contributed by atoms with Gasteiger partial charge in [0.05, 0.1) is 22.9 Å². The highest BCUT2D eigenvalue weighted by molar-refractivity contribution is 7.69. The maximum absolute atomic E-state index is 13.4. The maximum Gasteiger partial charge on any atom is 0.387 e. The molecule has 0 radical (unpaired) electrons. The van der Waals surface area contributed by atoms with Gasteiger partial charge in [0, 0.05) is 35.5 Å². The van der Waals surface area contributed by atoms with Crippen molar-refractivity contribution in [1.29, 1.82) is 0 Å². The molecule has 2 unspecified atom stereocenters.